The predicted molar refractivity (Wildman–Crippen MR) is 89.0 cm³/mol. The molecule has 0 unspecified atom stereocenters. The van der Waals surface area contributed by atoms with E-state index in [0.717, 1.165) is 32.9 Å². The third-order valence-electron chi connectivity index (χ3n) is 3.77. The second-order valence-electron chi connectivity index (χ2n) is 5.13. The minimum Gasteiger partial charge on any atom is -0.496 e. The average Bonchev–Trinajstić information content (AvgIpc) is 3.01. The monoisotopic (exact) mass is 315 g/mol. The van der Waals surface area contributed by atoms with Crippen LogP contribution >= 0.6 is 11.5 Å². The topological polar surface area (TPSA) is 56.1 Å². The van der Waals surface area contributed by atoms with Crippen LogP contribution in [0.2, 0.25) is 0 Å². The van der Waals surface area contributed by atoms with Gasteiger partial charge in [-0.3, -0.25) is 4.79 Å². The van der Waals surface area contributed by atoms with Gasteiger partial charge in [-0.15, -0.1) is 0 Å². The van der Waals surface area contributed by atoms with Gasteiger partial charge in [0.05, 0.1) is 24.0 Å². The van der Waals surface area contributed by atoms with Crippen molar-refractivity contribution in [2.75, 3.05) is 12.4 Å². The number of anilines is 1. The van der Waals surface area contributed by atoms with E-state index in [9.17, 15) is 4.79 Å². The van der Waals surface area contributed by atoms with Crippen molar-refractivity contribution in [2.24, 2.45) is 7.05 Å². The molecule has 0 atom stereocenters. The van der Waals surface area contributed by atoms with Gasteiger partial charge in [0.2, 0.25) is 0 Å². The third kappa shape index (κ3) is 2.25. The van der Waals surface area contributed by atoms with E-state index >= 15 is 0 Å². The largest absolute Gasteiger partial charge is 0.496 e. The number of nitrogens with one attached hydrogen (secondary N) is 1. The molecule has 0 bridgehead atoms. The first kappa shape index (κ1) is 14.6. The van der Waals surface area contributed by atoms with E-state index in [1.165, 1.54) is 11.5 Å². The van der Waals surface area contributed by atoms with Crippen molar-refractivity contribution >= 4 is 34.0 Å². The van der Waals surface area contributed by atoms with Crippen molar-refractivity contribution in [2.45, 2.75) is 13.8 Å². The van der Waals surface area contributed by atoms with E-state index in [1.54, 1.807) is 7.11 Å². The number of aryl methyl sites for hydroxylation is 3. The van der Waals surface area contributed by atoms with E-state index in [2.05, 4.69) is 9.69 Å². The van der Waals surface area contributed by atoms with E-state index in [0.29, 0.717) is 5.69 Å². The van der Waals surface area contributed by atoms with Crippen LogP contribution in [0.4, 0.5) is 5.69 Å². The lowest BCUT2D eigenvalue weighted by molar-refractivity contribution is 0.101. The summed E-state index contributed by atoms with van der Waals surface area (Å²) in [5.41, 5.74) is 3.19. The van der Waals surface area contributed by atoms with Crippen LogP contribution in [0.5, 0.6) is 5.75 Å². The van der Waals surface area contributed by atoms with Gasteiger partial charge in [-0.05, 0) is 43.6 Å². The smallest absolute Gasteiger partial charge is 0.272 e. The molecule has 3 aromatic rings. The summed E-state index contributed by atoms with van der Waals surface area (Å²) in [4.78, 5) is 13.6. The lowest BCUT2D eigenvalue weighted by atomic mass is 10.2. The van der Waals surface area contributed by atoms with Crippen LogP contribution in [-0.2, 0) is 7.05 Å². The Hall–Kier alpha value is -2.34. The number of ether oxygens (including phenoxy) is 1. The molecule has 114 valence electrons. The quantitative estimate of drug-likeness (QED) is 0.804. The van der Waals surface area contributed by atoms with Crippen molar-refractivity contribution in [3.63, 3.8) is 0 Å². The Labute approximate surface area is 132 Å². The van der Waals surface area contributed by atoms with Gasteiger partial charge in [0.25, 0.3) is 5.91 Å². The normalized spacial score (nSPS) is 10.9. The molecule has 0 aliphatic heterocycles. The summed E-state index contributed by atoms with van der Waals surface area (Å²) in [7, 11) is 3.51. The molecular weight excluding hydrogens is 298 g/mol. The highest BCUT2D eigenvalue weighted by Crippen LogP contribution is 2.29. The molecule has 0 aliphatic rings. The molecule has 2 aromatic heterocycles. The Morgan fingerprint density at radius 3 is 2.77 bits per heavy atom. The zero-order chi connectivity index (χ0) is 15.9. The molecule has 0 aliphatic carbocycles. The lowest BCUT2D eigenvalue weighted by Crippen LogP contribution is -2.16. The zero-order valence-corrected chi connectivity index (χ0v) is 13.7. The van der Waals surface area contributed by atoms with Gasteiger partial charge in [-0.1, -0.05) is 6.07 Å². The van der Waals surface area contributed by atoms with Gasteiger partial charge in [0.1, 0.15) is 11.4 Å². The fraction of sp³-hybridized carbons (Fsp3) is 0.250. The molecule has 0 fully saturated rings. The predicted octanol–water partition coefficient (Wildman–Crippen LogP) is 3.51. The van der Waals surface area contributed by atoms with Gasteiger partial charge in [-0.2, -0.15) is 4.37 Å². The fourth-order valence-corrected chi connectivity index (χ4v) is 3.22. The highest BCUT2D eigenvalue weighted by atomic mass is 32.1. The summed E-state index contributed by atoms with van der Waals surface area (Å²) in [5.74, 6) is 0.615. The van der Waals surface area contributed by atoms with Gasteiger partial charge < -0.3 is 14.6 Å². The van der Waals surface area contributed by atoms with E-state index in [-0.39, 0.29) is 5.91 Å². The Kier molecular flexibility index (Phi) is 3.62. The number of rotatable bonds is 3. The number of amides is 1. The van der Waals surface area contributed by atoms with Crippen molar-refractivity contribution in [1.82, 2.24) is 8.94 Å². The van der Waals surface area contributed by atoms with Crippen molar-refractivity contribution in [3.8, 4) is 5.75 Å². The van der Waals surface area contributed by atoms with Gasteiger partial charge in [0.15, 0.2) is 0 Å². The summed E-state index contributed by atoms with van der Waals surface area (Å²) < 4.78 is 11.5. The molecule has 6 heteroatoms. The number of aromatic nitrogens is 2. The van der Waals surface area contributed by atoms with Gasteiger partial charge >= 0.3 is 0 Å². The number of carbonyl (C=O) groups is 1. The molecule has 1 aromatic carbocycles. The molecule has 3 rings (SSSR count). The Morgan fingerprint density at radius 2 is 2.14 bits per heavy atom. The van der Waals surface area contributed by atoms with Gasteiger partial charge in [0, 0.05) is 17.3 Å². The molecule has 5 nitrogen and oxygen atoms in total. The first-order valence-corrected chi connectivity index (χ1v) is 7.67. The SMILES string of the molecule is COc1cccc2c1cc(C(=O)Nc1c(C)nsc1C)n2C. The second-order valence-corrected chi connectivity index (χ2v) is 6.11. The fourth-order valence-electron chi connectivity index (χ4n) is 2.57. The number of benzene rings is 1. The van der Waals surface area contributed by atoms with Crippen molar-refractivity contribution in [1.29, 1.82) is 0 Å². The average molecular weight is 315 g/mol. The Balaban J connectivity index is 2.03. The molecule has 0 radical (unpaired) electrons. The maximum absolute atomic E-state index is 12.6. The number of carbonyl (C=O) groups excluding carboxylic acids is 1. The van der Waals surface area contributed by atoms with E-state index < -0.39 is 0 Å². The molecule has 0 spiro atoms. The Morgan fingerprint density at radius 1 is 1.36 bits per heavy atom. The van der Waals surface area contributed by atoms with E-state index in [4.69, 9.17) is 4.74 Å². The van der Waals surface area contributed by atoms with Crippen LogP contribution in [0.3, 0.4) is 0 Å². The molecule has 22 heavy (non-hydrogen) atoms. The minimum absolute atomic E-state index is 0.146. The third-order valence-corrected chi connectivity index (χ3v) is 4.61. The zero-order valence-electron chi connectivity index (χ0n) is 12.9. The highest BCUT2D eigenvalue weighted by Gasteiger charge is 2.18. The molecule has 0 saturated heterocycles. The van der Waals surface area contributed by atoms with Crippen LogP contribution in [-0.4, -0.2) is 22.0 Å². The maximum atomic E-state index is 12.6. The molecule has 1 amide bonds. The number of fused-ring (bicyclic) bond motifs is 1. The van der Waals surface area contributed by atoms with Crippen LogP contribution in [0.1, 0.15) is 21.1 Å². The maximum Gasteiger partial charge on any atom is 0.272 e. The molecule has 1 N–H and O–H groups in total. The Bertz CT molecular complexity index is 844. The van der Waals surface area contributed by atoms with Crippen LogP contribution in [0, 0.1) is 13.8 Å². The summed E-state index contributed by atoms with van der Waals surface area (Å²) in [6.07, 6.45) is 0. The lowest BCUT2D eigenvalue weighted by Gasteiger charge is -2.06. The summed E-state index contributed by atoms with van der Waals surface area (Å²) in [6.45, 7) is 3.84. The standard InChI is InChI=1S/C16H17N3O2S/c1-9-15(10(2)22-18-9)17-16(20)13-8-11-12(19(13)3)6-5-7-14(11)21-4/h5-8H,1-4H3,(H,17,20). The first-order valence-electron chi connectivity index (χ1n) is 6.89. The summed E-state index contributed by atoms with van der Waals surface area (Å²) >= 11 is 1.39. The highest BCUT2D eigenvalue weighted by molar-refractivity contribution is 7.06. The molecular formula is C16H17N3O2S. The van der Waals surface area contributed by atoms with Crippen molar-refractivity contribution < 1.29 is 9.53 Å². The van der Waals surface area contributed by atoms with Crippen LogP contribution < -0.4 is 10.1 Å². The molecule has 2 heterocycles. The van der Waals surface area contributed by atoms with Crippen molar-refractivity contribution in [3.05, 3.63) is 40.5 Å². The minimum atomic E-state index is -0.146. The van der Waals surface area contributed by atoms with Crippen LogP contribution in [0.15, 0.2) is 24.3 Å². The van der Waals surface area contributed by atoms with Gasteiger partial charge in [-0.25, -0.2) is 0 Å². The first-order chi connectivity index (χ1) is 10.5. The van der Waals surface area contributed by atoms with Crippen LogP contribution in [0.25, 0.3) is 10.9 Å². The van der Waals surface area contributed by atoms with E-state index in [1.807, 2.05) is 49.7 Å². The summed E-state index contributed by atoms with van der Waals surface area (Å²) in [6, 6.07) is 7.63. The second kappa shape index (κ2) is 5.46. The summed E-state index contributed by atoms with van der Waals surface area (Å²) in [5, 5.41) is 3.89. The number of hydrogen-bond acceptors (Lipinski definition) is 4. The number of methoxy groups -OCH3 is 1. The molecule has 0 saturated carbocycles. The number of hydrogen-bond donors (Lipinski definition) is 1. The number of nitrogens with zero attached hydrogens (tertiary/aromatic N) is 2.